The van der Waals surface area contributed by atoms with E-state index >= 15 is 0 Å². The van der Waals surface area contributed by atoms with Gasteiger partial charge in [-0.05, 0) is 31.2 Å². The third kappa shape index (κ3) is 5.55. The van der Waals surface area contributed by atoms with Crippen LogP contribution < -0.4 is 10.6 Å². The summed E-state index contributed by atoms with van der Waals surface area (Å²) >= 11 is 2.98. The number of hydrogen-bond acceptors (Lipinski definition) is 6. The first-order valence-corrected chi connectivity index (χ1v) is 11.0. The average Bonchev–Trinajstić information content (AvgIpc) is 3.28. The summed E-state index contributed by atoms with van der Waals surface area (Å²) in [6, 6.07) is 3.84. The molecule has 2 heterocycles. The van der Waals surface area contributed by atoms with Gasteiger partial charge in [0.2, 0.25) is 5.91 Å². The van der Waals surface area contributed by atoms with E-state index in [1.54, 1.807) is 18.3 Å². The molecule has 0 aliphatic heterocycles. The van der Waals surface area contributed by atoms with E-state index < -0.39 is 11.3 Å². The lowest BCUT2D eigenvalue weighted by molar-refractivity contribution is -0.119. The quantitative estimate of drug-likeness (QED) is 0.718. The predicted octanol–water partition coefficient (Wildman–Crippen LogP) is 3.11. The molecule has 0 saturated heterocycles. The summed E-state index contributed by atoms with van der Waals surface area (Å²) in [4.78, 5) is 25.6. The van der Waals surface area contributed by atoms with Crippen molar-refractivity contribution in [2.24, 2.45) is 7.05 Å². The fourth-order valence-corrected chi connectivity index (χ4v) is 4.60. The van der Waals surface area contributed by atoms with Gasteiger partial charge in [0, 0.05) is 24.4 Å². The number of carbonyl (C=O) groups excluding carboxylic acids is 2. The molecule has 1 atom stereocenters. The van der Waals surface area contributed by atoms with Crippen molar-refractivity contribution in [3.63, 3.8) is 0 Å². The third-order valence-electron chi connectivity index (χ3n) is 4.67. The molecule has 2 aromatic rings. The van der Waals surface area contributed by atoms with Gasteiger partial charge < -0.3 is 9.88 Å². The smallest absolute Gasteiger partial charge is 0.321 e. The van der Waals surface area contributed by atoms with E-state index in [0.717, 1.165) is 31.5 Å². The standard InChI is InChI=1S/C18H25N5O2S2/c1-12(16(24)20-17(25)19-13-7-4-3-5-8-13)27-18-22-21-15(23(18)2)11-14-9-6-10-26-14/h6,9-10,12-13H,3-5,7-8,11H2,1-2H3,(H2,19,20,24,25)/t12-/m0/s1. The number of nitrogens with zero attached hydrogens (tertiary/aromatic N) is 3. The lowest BCUT2D eigenvalue weighted by atomic mass is 9.96. The van der Waals surface area contributed by atoms with E-state index in [0.29, 0.717) is 11.6 Å². The number of carbonyl (C=O) groups is 2. The third-order valence-corrected chi connectivity index (χ3v) is 6.68. The van der Waals surface area contributed by atoms with Crippen molar-refractivity contribution in [1.82, 2.24) is 25.4 Å². The Kier molecular flexibility index (Phi) is 6.89. The van der Waals surface area contributed by atoms with E-state index in [1.165, 1.54) is 23.1 Å². The zero-order valence-electron chi connectivity index (χ0n) is 15.6. The lowest BCUT2D eigenvalue weighted by Gasteiger charge is -2.23. The first kappa shape index (κ1) is 19.9. The highest BCUT2D eigenvalue weighted by atomic mass is 32.2. The molecular weight excluding hydrogens is 382 g/mol. The number of nitrogens with one attached hydrogen (secondary N) is 2. The molecule has 9 heteroatoms. The summed E-state index contributed by atoms with van der Waals surface area (Å²) in [5.74, 6) is 0.527. The molecule has 1 aliphatic carbocycles. The van der Waals surface area contributed by atoms with Crippen LogP contribution in [0.5, 0.6) is 0 Å². The van der Waals surface area contributed by atoms with Crippen LogP contribution in [0.15, 0.2) is 22.7 Å². The summed E-state index contributed by atoms with van der Waals surface area (Å²) in [6.45, 7) is 1.77. The first-order valence-electron chi connectivity index (χ1n) is 9.21. The highest BCUT2D eigenvalue weighted by Gasteiger charge is 2.22. The van der Waals surface area contributed by atoms with Crippen molar-refractivity contribution >= 4 is 35.0 Å². The van der Waals surface area contributed by atoms with Crippen LogP contribution in [0.3, 0.4) is 0 Å². The Labute approximate surface area is 167 Å². The first-order chi connectivity index (χ1) is 13.0. The Balaban J connectivity index is 1.50. The fourth-order valence-electron chi connectivity index (χ4n) is 3.06. The van der Waals surface area contributed by atoms with Crippen molar-refractivity contribution in [3.8, 4) is 0 Å². The monoisotopic (exact) mass is 407 g/mol. The van der Waals surface area contributed by atoms with Gasteiger partial charge in [-0.25, -0.2) is 4.79 Å². The van der Waals surface area contributed by atoms with Crippen molar-refractivity contribution in [3.05, 3.63) is 28.2 Å². The maximum Gasteiger partial charge on any atom is 0.321 e. The Hall–Kier alpha value is -1.87. The number of rotatable bonds is 6. The summed E-state index contributed by atoms with van der Waals surface area (Å²) in [5.41, 5.74) is 0. The molecule has 0 aromatic carbocycles. The molecule has 1 fully saturated rings. The topological polar surface area (TPSA) is 88.9 Å². The second kappa shape index (κ2) is 9.36. The van der Waals surface area contributed by atoms with Gasteiger partial charge >= 0.3 is 6.03 Å². The number of thioether (sulfide) groups is 1. The molecule has 27 heavy (non-hydrogen) atoms. The van der Waals surface area contributed by atoms with Crippen LogP contribution in [0.1, 0.15) is 49.7 Å². The number of hydrogen-bond donors (Lipinski definition) is 2. The Morgan fingerprint density at radius 2 is 2.11 bits per heavy atom. The van der Waals surface area contributed by atoms with Crippen LogP contribution in [-0.4, -0.2) is 38.0 Å². The highest BCUT2D eigenvalue weighted by molar-refractivity contribution is 8.00. The number of urea groups is 1. The second-order valence-corrected chi connectivity index (χ2v) is 9.11. The minimum Gasteiger partial charge on any atom is -0.335 e. The molecule has 3 amide bonds. The van der Waals surface area contributed by atoms with E-state index in [-0.39, 0.29) is 11.9 Å². The molecule has 0 unspecified atom stereocenters. The van der Waals surface area contributed by atoms with Gasteiger partial charge in [-0.15, -0.1) is 21.5 Å². The Morgan fingerprint density at radius 1 is 1.33 bits per heavy atom. The molecule has 7 nitrogen and oxygen atoms in total. The largest absolute Gasteiger partial charge is 0.335 e. The Bertz CT molecular complexity index is 769. The Morgan fingerprint density at radius 3 is 2.81 bits per heavy atom. The van der Waals surface area contributed by atoms with Gasteiger partial charge in [-0.1, -0.05) is 37.1 Å². The minimum atomic E-state index is -0.445. The van der Waals surface area contributed by atoms with Crippen molar-refractivity contribution in [2.75, 3.05) is 0 Å². The maximum atomic E-state index is 12.3. The molecular formula is C18H25N5O2S2. The number of amides is 3. The summed E-state index contributed by atoms with van der Waals surface area (Å²) < 4.78 is 1.90. The van der Waals surface area contributed by atoms with Gasteiger partial charge in [0.15, 0.2) is 5.16 Å². The zero-order valence-corrected chi connectivity index (χ0v) is 17.2. The van der Waals surface area contributed by atoms with Crippen molar-refractivity contribution < 1.29 is 9.59 Å². The summed E-state index contributed by atoms with van der Waals surface area (Å²) in [5, 5.41) is 16.0. The molecule has 1 aliphatic rings. The van der Waals surface area contributed by atoms with Crippen LogP contribution in [-0.2, 0) is 18.3 Å². The number of aromatic nitrogens is 3. The van der Waals surface area contributed by atoms with Gasteiger partial charge in [-0.2, -0.15) is 0 Å². The molecule has 0 bridgehead atoms. The van der Waals surface area contributed by atoms with Crippen LogP contribution in [0.2, 0.25) is 0 Å². The van der Waals surface area contributed by atoms with E-state index in [1.807, 2.05) is 23.1 Å². The maximum absolute atomic E-state index is 12.3. The van der Waals surface area contributed by atoms with Gasteiger partial charge in [-0.3, -0.25) is 10.1 Å². The molecule has 2 aromatic heterocycles. The predicted molar refractivity (Wildman–Crippen MR) is 107 cm³/mol. The van der Waals surface area contributed by atoms with Gasteiger partial charge in [0.25, 0.3) is 0 Å². The molecule has 146 valence electrons. The second-order valence-electron chi connectivity index (χ2n) is 6.77. The van der Waals surface area contributed by atoms with Crippen LogP contribution in [0.25, 0.3) is 0 Å². The molecule has 0 radical (unpaired) electrons. The summed E-state index contributed by atoms with van der Waals surface area (Å²) in [6.07, 6.45) is 6.16. The van der Waals surface area contributed by atoms with E-state index in [2.05, 4.69) is 26.9 Å². The van der Waals surface area contributed by atoms with Crippen molar-refractivity contribution in [2.45, 2.75) is 61.9 Å². The van der Waals surface area contributed by atoms with Crippen LogP contribution in [0.4, 0.5) is 4.79 Å². The fraction of sp³-hybridized carbons (Fsp3) is 0.556. The van der Waals surface area contributed by atoms with Crippen LogP contribution in [0, 0.1) is 0 Å². The molecule has 0 spiro atoms. The normalized spacial score (nSPS) is 16.1. The number of thiophene rings is 1. The SMILES string of the molecule is C[C@H](Sc1nnc(Cc2cccs2)n1C)C(=O)NC(=O)NC1CCCCC1. The van der Waals surface area contributed by atoms with E-state index in [9.17, 15) is 9.59 Å². The lowest BCUT2D eigenvalue weighted by Crippen LogP contribution is -2.47. The minimum absolute atomic E-state index is 0.174. The zero-order chi connectivity index (χ0) is 19.2. The molecule has 2 N–H and O–H groups in total. The van der Waals surface area contributed by atoms with Crippen molar-refractivity contribution in [1.29, 1.82) is 0 Å². The average molecular weight is 408 g/mol. The highest BCUT2D eigenvalue weighted by Crippen LogP contribution is 2.23. The summed E-state index contributed by atoms with van der Waals surface area (Å²) in [7, 11) is 1.89. The number of imide groups is 1. The molecule has 1 saturated carbocycles. The van der Waals surface area contributed by atoms with Gasteiger partial charge in [0.1, 0.15) is 5.82 Å². The van der Waals surface area contributed by atoms with Crippen LogP contribution >= 0.6 is 23.1 Å². The van der Waals surface area contributed by atoms with E-state index in [4.69, 9.17) is 0 Å². The van der Waals surface area contributed by atoms with Gasteiger partial charge in [0.05, 0.1) is 5.25 Å². The molecule has 3 rings (SSSR count).